The van der Waals surface area contributed by atoms with Gasteiger partial charge in [0, 0.05) is 6.92 Å². The molecule has 0 aromatic carbocycles. The fourth-order valence-corrected chi connectivity index (χ4v) is 0.330. The molecule has 60 valence electrons. The number of amides is 1. The van der Waals surface area contributed by atoms with Crippen molar-refractivity contribution in [2.24, 2.45) is 0 Å². The lowest BCUT2D eigenvalue weighted by Gasteiger charge is -2.18. The second kappa shape index (κ2) is 5.12. The number of nitrogens with zero attached hydrogens (tertiary/aromatic N) is 1. The first kappa shape index (κ1) is 9.31. The number of hydrogen-bond donors (Lipinski definition) is 2. The molecule has 0 aliphatic rings. The zero-order valence-electron chi connectivity index (χ0n) is 6.17. The molecule has 0 aromatic heterocycles. The Balaban J connectivity index is 3.61. The van der Waals surface area contributed by atoms with Crippen LogP contribution in [-0.4, -0.2) is 25.2 Å². The molecule has 2 N–H and O–H groups in total. The maximum atomic E-state index is 10.6. The number of rotatable bonds is 4. The van der Waals surface area contributed by atoms with Crippen molar-refractivity contribution < 1.29 is 14.5 Å². The van der Waals surface area contributed by atoms with Crippen LogP contribution >= 0.6 is 0 Å². The molecule has 0 aliphatic carbocycles. The van der Waals surface area contributed by atoms with E-state index in [1.54, 1.807) is 0 Å². The van der Waals surface area contributed by atoms with E-state index in [-0.39, 0.29) is 5.91 Å². The van der Waals surface area contributed by atoms with Crippen molar-refractivity contribution in [3.05, 3.63) is 0 Å². The largest absolute Gasteiger partial charge is 0.284 e. The summed E-state index contributed by atoms with van der Waals surface area (Å²) in [7, 11) is 2.76. The Bertz CT molecular complexity index is 102. The maximum absolute atomic E-state index is 10.6. The molecule has 0 heterocycles. The van der Waals surface area contributed by atoms with Gasteiger partial charge in [0.05, 0.1) is 14.2 Å². The van der Waals surface area contributed by atoms with E-state index in [2.05, 4.69) is 20.9 Å². The smallest absolute Gasteiger partial charge is 0.252 e. The minimum Gasteiger partial charge on any atom is -0.284 e. The lowest BCUT2D eigenvalue weighted by atomic mass is 10.7. The molecule has 6 heteroatoms. The second-order valence-corrected chi connectivity index (χ2v) is 1.45. The highest BCUT2D eigenvalue weighted by molar-refractivity contribution is 5.71. The first-order chi connectivity index (χ1) is 4.72. The molecule has 0 aromatic rings. The summed E-state index contributed by atoms with van der Waals surface area (Å²) in [6.07, 6.45) is 0. The van der Waals surface area contributed by atoms with Crippen LogP contribution < -0.4 is 11.2 Å². The minimum atomic E-state index is -0.274. The first-order valence-corrected chi connectivity index (χ1v) is 2.60. The van der Waals surface area contributed by atoms with Crippen LogP contribution in [0.25, 0.3) is 0 Å². The molecule has 0 rings (SSSR count). The van der Waals surface area contributed by atoms with Gasteiger partial charge in [-0.25, -0.2) is 0 Å². The van der Waals surface area contributed by atoms with Crippen molar-refractivity contribution >= 4 is 5.91 Å². The van der Waals surface area contributed by atoms with E-state index in [0.717, 1.165) is 5.12 Å². The molecule has 0 aliphatic heterocycles. The Hall–Kier alpha value is -0.690. The standard InChI is InChI=1S/C4H11N3O3/c1-4(8)7(5-9-2)6-10-3/h5-6H,1-3H3. The lowest BCUT2D eigenvalue weighted by molar-refractivity contribution is -0.185. The fourth-order valence-electron chi connectivity index (χ4n) is 0.330. The van der Waals surface area contributed by atoms with Crippen LogP contribution in [0, 0.1) is 0 Å². The lowest BCUT2D eigenvalue weighted by Crippen LogP contribution is -2.49. The summed E-state index contributed by atoms with van der Waals surface area (Å²) in [5.41, 5.74) is 4.46. The van der Waals surface area contributed by atoms with E-state index < -0.39 is 0 Å². The zero-order valence-corrected chi connectivity index (χ0v) is 6.17. The summed E-state index contributed by atoms with van der Waals surface area (Å²) in [6.45, 7) is 1.35. The highest BCUT2D eigenvalue weighted by Crippen LogP contribution is 1.75. The predicted octanol–water partition coefficient (Wildman–Crippen LogP) is -1.03. The van der Waals surface area contributed by atoms with Gasteiger partial charge in [-0.05, 0) is 0 Å². The van der Waals surface area contributed by atoms with Crippen molar-refractivity contribution in [3.8, 4) is 0 Å². The minimum absolute atomic E-state index is 0.274. The van der Waals surface area contributed by atoms with Crippen molar-refractivity contribution in [2.45, 2.75) is 6.92 Å². The van der Waals surface area contributed by atoms with Gasteiger partial charge in [0.2, 0.25) is 0 Å². The Labute approximate surface area is 58.9 Å². The molecule has 0 fully saturated rings. The summed E-state index contributed by atoms with van der Waals surface area (Å²) in [5, 5.41) is 0.944. The summed E-state index contributed by atoms with van der Waals surface area (Å²) in [6, 6.07) is 0. The maximum Gasteiger partial charge on any atom is 0.252 e. The Kier molecular flexibility index (Phi) is 4.77. The molecular weight excluding hydrogens is 138 g/mol. The average Bonchev–Trinajstić information content (AvgIpc) is 1.87. The molecular formula is C4H11N3O3. The third-order valence-corrected chi connectivity index (χ3v) is 0.680. The summed E-state index contributed by atoms with van der Waals surface area (Å²) >= 11 is 0. The molecule has 0 saturated carbocycles. The highest BCUT2D eigenvalue weighted by atomic mass is 16.7. The average molecular weight is 149 g/mol. The topological polar surface area (TPSA) is 62.8 Å². The number of nitrogens with one attached hydrogen (secondary N) is 2. The Morgan fingerprint density at radius 2 is 1.70 bits per heavy atom. The van der Waals surface area contributed by atoms with Crippen LogP contribution in [0.3, 0.4) is 0 Å². The number of carbonyl (C=O) groups excluding carboxylic acids is 1. The van der Waals surface area contributed by atoms with Crippen molar-refractivity contribution in [1.82, 2.24) is 16.3 Å². The molecule has 1 amide bonds. The number of hydrazine groups is 2. The van der Waals surface area contributed by atoms with E-state index in [0.29, 0.717) is 0 Å². The Morgan fingerprint density at radius 3 is 1.90 bits per heavy atom. The SMILES string of the molecule is CONN(NOC)C(C)=O. The van der Waals surface area contributed by atoms with Crippen LogP contribution in [0.1, 0.15) is 6.92 Å². The highest BCUT2D eigenvalue weighted by Gasteiger charge is 2.04. The fraction of sp³-hybridized carbons (Fsp3) is 0.750. The number of hydrogen-bond acceptors (Lipinski definition) is 5. The van der Waals surface area contributed by atoms with Crippen molar-refractivity contribution in [3.63, 3.8) is 0 Å². The van der Waals surface area contributed by atoms with Crippen LogP contribution in [-0.2, 0) is 14.5 Å². The number of carbonyl (C=O) groups is 1. The zero-order chi connectivity index (χ0) is 7.98. The second-order valence-electron chi connectivity index (χ2n) is 1.45. The molecule has 0 radical (unpaired) electrons. The van der Waals surface area contributed by atoms with Gasteiger partial charge < -0.3 is 0 Å². The Morgan fingerprint density at radius 1 is 1.30 bits per heavy atom. The third kappa shape index (κ3) is 3.36. The van der Waals surface area contributed by atoms with Crippen molar-refractivity contribution in [2.75, 3.05) is 14.2 Å². The molecule has 0 atom stereocenters. The van der Waals surface area contributed by atoms with Crippen LogP contribution in [0.2, 0.25) is 0 Å². The van der Waals surface area contributed by atoms with Gasteiger partial charge in [-0.15, -0.1) is 0 Å². The van der Waals surface area contributed by atoms with E-state index in [9.17, 15) is 4.79 Å². The summed E-state index contributed by atoms with van der Waals surface area (Å²) in [4.78, 5) is 19.4. The predicted molar refractivity (Wildman–Crippen MR) is 32.8 cm³/mol. The van der Waals surface area contributed by atoms with Gasteiger partial charge in [0.25, 0.3) is 5.91 Å². The van der Waals surface area contributed by atoms with Gasteiger partial charge in [-0.1, -0.05) is 11.2 Å². The quantitative estimate of drug-likeness (QED) is 0.500. The molecule has 0 unspecified atom stereocenters. The summed E-state index contributed by atoms with van der Waals surface area (Å²) in [5.74, 6) is -0.274. The van der Waals surface area contributed by atoms with Gasteiger partial charge in [0.1, 0.15) is 0 Å². The first-order valence-electron chi connectivity index (χ1n) is 2.60. The molecule has 6 nitrogen and oxygen atoms in total. The van der Waals surface area contributed by atoms with E-state index >= 15 is 0 Å². The van der Waals surface area contributed by atoms with Crippen LogP contribution in [0.4, 0.5) is 0 Å². The van der Waals surface area contributed by atoms with Crippen molar-refractivity contribution in [1.29, 1.82) is 0 Å². The monoisotopic (exact) mass is 149 g/mol. The van der Waals surface area contributed by atoms with Gasteiger partial charge in [-0.3, -0.25) is 14.5 Å². The van der Waals surface area contributed by atoms with Crippen LogP contribution in [0.15, 0.2) is 0 Å². The van der Waals surface area contributed by atoms with E-state index in [4.69, 9.17) is 0 Å². The molecule has 0 bridgehead atoms. The van der Waals surface area contributed by atoms with Crippen LogP contribution in [0.5, 0.6) is 0 Å². The van der Waals surface area contributed by atoms with Gasteiger partial charge in [-0.2, -0.15) is 5.12 Å². The van der Waals surface area contributed by atoms with Gasteiger partial charge >= 0.3 is 0 Å². The molecule has 0 saturated heterocycles. The van der Waals surface area contributed by atoms with Gasteiger partial charge in [0.15, 0.2) is 0 Å². The third-order valence-electron chi connectivity index (χ3n) is 0.680. The molecule has 10 heavy (non-hydrogen) atoms. The summed E-state index contributed by atoms with van der Waals surface area (Å²) < 4.78 is 0. The normalized spacial score (nSPS) is 9.50. The van der Waals surface area contributed by atoms with E-state index in [1.165, 1.54) is 21.1 Å². The molecule has 0 spiro atoms. The van der Waals surface area contributed by atoms with E-state index in [1.807, 2.05) is 0 Å².